The van der Waals surface area contributed by atoms with E-state index in [9.17, 15) is 0 Å². The maximum Gasteiger partial charge on any atom is 0.157 e. The van der Waals surface area contributed by atoms with Gasteiger partial charge < -0.3 is 10.5 Å². The van der Waals surface area contributed by atoms with Crippen LogP contribution < -0.4 is 5.73 Å². The van der Waals surface area contributed by atoms with Gasteiger partial charge in [-0.25, -0.2) is 4.98 Å². The lowest BCUT2D eigenvalue weighted by Crippen LogP contribution is -1.94. The molecule has 0 spiro atoms. The molecule has 0 amide bonds. The van der Waals surface area contributed by atoms with E-state index in [1.165, 1.54) is 0 Å². The average Bonchev–Trinajstić information content (AvgIpc) is 2.79. The van der Waals surface area contributed by atoms with Gasteiger partial charge in [-0.2, -0.15) is 0 Å². The summed E-state index contributed by atoms with van der Waals surface area (Å²) >= 11 is 6.14. The molecule has 0 aliphatic rings. The lowest BCUT2D eigenvalue weighted by molar-refractivity contribution is 0.185. The van der Waals surface area contributed by atoms with E-state index < -0.39 is 0 Å². The fourth-order valence-corrected chi connectivity index (χ4v) is 2.40. The Labute approximate surface area is 121 Å². The average molecular weight is 288 g/mol. The molecule has 0 atom stereocenters. The normalized spacial score (nSPS) is 11.1. The van der Waals surface area contributed by atoms with E-state index in [1.807, 2.05) is 36.5 Å². The second kappa shape index (κ2) is 5.15. The number of nitrogens with zero attached hydrogens (tertiary/aromatic N) is 2. The first kappa shape index (κ1) is 13.0. The topological polar surface area (TPSA) is 52.5 Å². The number of nitrogen functional groups attached to an aromatic ring is 1. The minimum Gasteiger partial charge on any atom is -0.383 e. The van der Waals surface area contributed by atoms with Crippen LogP contribution in [0, 0.1) is 0 Å². The molecule has 5 heteroatoms. The van der Waals surface area contributed by atoms with Crippen LogP contribution in [0.15, 0.2) is 42.6 Å². The highest BCUT2D eigenvalue weighted by Gasteiger charge is 2.12. The summed E-state index contributed by atoms with van der Waals surface area (Å²) in [5.74, 6) is 0.585. The number of ether oxygens (including phenoxy) is 1. The summed E-state index contributed by atoms with van der Waals surface area (Å²) in [6, 6.07) is 11.6. The molecule has 0 saturated carbocycles. The molecule has 0 aliphatic heterocycles. The number of nitrogens with two attached hydrogens (primary N) is 1. The highest BCUT2D eigenvalue weighted by Crippen LogP contribution is 2.29. The maximum absolute atomic E-state index is 6.15. The van der Waals surface area contributed by atoms with Crippen LogP contribution in [0.3, 0.4) is 0 Å². The zero-order valence-corrected chi connectivity index (χ0v) is 11.8. The predicted molar refractivity (Wildman–Crippen MR) is 80.8 cm³/mol. The minimum atomic E-state index is 0.585. The zero-order valence-electron chi connectivity index (χ0n) is 11.0. The number of benzene rings is 1. The van der Waals surface area contributed by atoms with Crippen molar-refractivity contribution in [2.45, 2.75) is 6.61 Å². The number of halogens is 1. The van der Waals surface area contributed by atoms with Crippen molar-refractivity contribution < 1.29 is 4.74 Å². The van der Waals surface area contributed by atoms with Crippen LogP contribution in [0.25, 0.3) is 16.9 Å². The number of imidazole rings is 1. The van der Waals surface area contributed by atoms with E-state index in [4.69, 9.17) is 22.1 Å². The fourth-order valence-electron chi connectivity index (χ4n) is 2.19. The van der Waals surface area contributed by atoms with Gasteiger partial charge in [0.1, 0.15) is 11.5 Å². The number of anilines is 1. The van der Waals surface area contributed by atoms with Crippen molar-refractivity contribution in [2.75, 3.05) is 12.8 Å². The summed E-state index contributed by atoms with van der Waals surface area (Å²) in [6.07, 6.45) is 1.85. The SMILES string of the molecule is COCc1ccc(-c2nc3c(Cl)cccn3c2N)cc1. The Balaban J connectivity index is 2.10. The van der Waals surface area contributed by atoms with Crippen LogP contribution in [-0.4, -0.2) is 16.5 Å². The monoisotopic (exact) mass is 287 g/mol. The molecule has 2 N–H and O–H groups in total. The van der Waals surface area contributed by atoms with Gasteiger partial charge >= 0.3 is 0 Å². The summed E-state index contributed by atoms with van der Waals surface area (Å²) in [4.78, 5) is 4.53. The first-order valence-corrected chi connectivity index (χ1v) is 6.59. The molecule has 3 rings (SSSR count). The summed E-state index contributed by atoms with van der Waals surface area (Å²) in [7, 11) is 1.68. The largest absolute Gasteiger partial charge is 0.383 e. The third kappa shape index (κ3) is 2.13. The minimum absolute atomic E-state index is 0.585. The smallest absolute Gasteiger partial charge is 0.157 e. The van der Waals surface area contributed by atoms with E-state index in [0.29, 0.717) is 23.1 Å². The summed E-state index contributed by atoms with van der Waals surface area (Å²) in [6.45, 7) is 0.590. The van der Waals surface area contributed by atoms with Crippen LogP contribution >= 0.6 is 11.6 Å². The van der Waals surface area contributed by atoms with Crippen molar-refractivity contribution in [3.05, 3.63) is 53.2 Å². The standard InChI is InChI=1S/C15H14ClN3O/c1-20-9-10-4-6-11(7-5-10)13-14(17)19-8-2-3-12(16)15(19)18-13/h2-8H,9,17H2,1H3. The fraction of sp³-hybridized carbons (Fsp3) is 0.133. The van der Waals surface area contributed by atoms with Crippen molar-refractivity contribution in [1.29, 1.82) is 0 Å². The van der Waals surface area contributed by atoms with Gasteiger partial charge in [0.25, 0.3) is 0 Å². The second-order valence-corrected chi connectivity index (χ2v) is 4.93. The van der Waals surface area contributed by atoms with Gasteiger partial charge in [0.2, 0.25) is 0 Å². The van der Waals surface area contributed by atoms with Crippen molar-refractivity contribution in [3.8, 4) is 11.3 Å². The van der Waals surface area contributed by atoms with Crippen molar-refractivity contribution in [3.63, 3.8) is 0 Å². The molecule has 2 heterocycles. The lowest BCUT2D eigenvalue weighted by Gasteiger charge is -2.02. The maximum atomic E-state index is 6.15. The van der Waals surface area contributed by atoms with Crippen molar-refractivity contribution >= 4 is 23.1 Å². The lowest BCUT2D eigenvalue weighted by atomic mass is 10.1. The van der Waals surface area contributed by atoms with E-state index in [1.54, 1.807) is 17.6 Å². The van der Waals surface area contributed by atoms with Crippen molar-refractivity contribution in [1.82, 2.24) is 9.38 Å². The molecule has 0 aliphatic carbocycles. The Hall–Kier alpha value is -2.04. The number of hydrogen-bond donors (Lipinski definition) is 1. The Morgan fingerprint density at radius 2 is 2.00 bits per heavy atom. The molecule has 2 aromatic heterocycles. The van der Waals surface area contributed by atoms with Gasteiger partial charge in [0.15, 0.2) is 5.65 Å². The Morgan fingerprint density at radius 1 is 1.25 bits per heavy atom. The third-order valence-corrected chi connectivity index (χ3v) is 3.47. The predicted octanol–water partition coefficient (Wildman–Crippen LogP) is 3.38. The summed E-state index contributed by atoms with van der Waals surface area (Å²) in [5, 5.41) is 0.585. The number of pyridine rings is 1. The number of rotatable bonds is 3. The van der Waals surface area contributed by atoms with Crippen molar-refractivity contribution in [2.24, 2.45) is 0 Å². The van der Waals surface area contributed by atoms with E-state index in [2.05, 4.69) is 4.98 Å². The third-order valence-electron chi connectivity index (χ3n) is 3.18. The molecule has 102 valence electrons. The number of hydrogen-bond acceptors (Lipinski definition) is 3. The molecular formula is C15H14ClN3O. The Kier molecular flexibility index (Phi) is 3.34. The van der Waals surface area contributed by atoms with E-state index in [-0.39, 0.29) is 0 Å². The van der Waals surface area contributed by atoms with Crippen LogP contribution in [0.5, 0.6) is 0 Å². The molecule has 0 unspecified atom stereocenters. The molecule has 0 radical (unpaired) electrons. The van der Waals surface area contributed by atoms with Crippen LogP contribution in [0.1, 0.15) is 5.56 Å². The number of methoxy groups -OCH3 is 1. The highest BCUT2D eigenvalue weighted by molar-refractivity contribution is 6.33. The highest BCUT2D eigenvalue weighted by atomic mass is 35.5. The molecular weight excluding hydrogens is 274 g/mol. The molecule has 4 nitrogen and oxygen atoms in total. The van der Waals surface area contributed by atoms with Crippen LogP contribution in [0.2, 0.25) is 5.02 Å². The van der Waals surface area contributed by atoms with Crippen LogP contribution in [0.4, 0.5) is 5.82 Å². The van der Waals surface area contributed by atoms with Gasteiger partial charge in [-0.05, 0) is 17.7 Å². The van der Waals surface area contributed by atoms with Gasteiger partial charge in [0, 0.05) is 18.9 Å². The van der Waals surface area contributed by atoms with E-state index in [0.717, 1.165) is 16.8 Å². The quantitative estimate of drug-likeness (QED) is 0.803. The Morgan fingerprint density at radius 3 is 2.65 bits per heavy atom. The molecule has 0 bridgehead atoms. The molecule has 20 heavy (non-hydrogen) atoms. The second-order valence-electron chi connectivity index (χ2n) is 4.53. The number of fused-ring (bicyclic) bond motifs is 1. The zero-order chi connectivity index (χ0) is 14.1. The molecule has 1 aromatic carbocycles. The summed E-state index contributed by atoms with van der Waals surface area (Å²) in [5.41, 5.74) is 9.63. The van der Waals surface area contributed by atoms with Gasteiger partial charge in [-0.3, -0.25) is 4.40 Å². The first-order valence-electron chi connectivity index (χ1n) is 6.21. The van der Waals surface area contributed by atoms with Crippen LogP contribution in [-0.2, 0) is 11.3 Å². The molecule has 3 aromatic rings. The first-order chi connectivity index (χ1) is 9.70. The molecule has 0 fully saturated rings. The number of aromatic nitrogens is 2. The van der Waals surface area contributed by atoms with Gasteiger partial charge in [0.05, 0.1) is 11.6 Å². The van der Waals surface area contributed by atoms with E-state index >= 15 is 0 Å². The van der Waals surface area contributed by atoms with Gasteiger partial charge in [-0.1, -0.05) is 35.9 Å². The molecule has 0 saturated heterocycles. The Bertz CT molecular complexity index is 750. The van der Waals surface area contributed by atoms with Gasteiger partial charge in [-0.15, -0.1) is 0 Å². The summed E-state index contributed by atoms with van der Waals surface area (Å²) < 4.78 is 6.89.